The molecule has 4 heterocycles. The fraction of sp³-hybridized carbons (Fsp3) is 0.318. The quantitative estimate of drug-likeness (QED) is 0.649. The summed E-state index contributed by atoms with van der Waals surface area (Å²) >= 11 is 0. The van der Waals surface area contributed by atoms with Crippen LogP contribution >= 0.6 is 0 Å². The van der Waals surface area contributed by atoms with Crippen LogP contribution in [0.15, 0.2) is 42.7 Å². The number of fused-ring (bicyclic) bond motifs is 1. The molecule has 0 spiro atoms. The summed E-state index contributed by atoms with van der Waals surface area (Å²) in [6, 6.07) is 7.90. The van der Waals surface area contributed by atoms with E-state index in [0.717, 1.165) is 25.1 Å². The standard InChI is InChI=1S/C22H22FN5O3.FH.H2/c1-27-18(6-9-25-27)15-5-4-14(11-16(15)23)26-22(29)19-3-2-10-28(19)12-17-21-20(7-8-24-17)30-13-31-21;;/h4-9,11,19H,2-3,10,12-13H2,1H3,(H,26,29);2*1H/t19-;;/m1../s1. The summed E-state index contributed by atoms with van der Waals surface area (Å²) < 4.78 is 27.2. The average molecular weight is 445 g/mol. The van der Waals surface area contributed by atoms with Gasteiger partial charge in [-0.25, -0.2) is 4.39 Å². The van der Waals surface area contributed by atoms with Crippen LogP contribution in [0.2, 0.25) is 0 Å². The third kappa shape index (κ3) is 4.01. The second-order valence-corrected chi connectivity index (χ2v) is 7.64. The number of rotatable bonds is 5. The van der Waals surface area contributed by atoms with Gasteiger partial charge in [0.05, 0.1) is 11.7 Å². The summed E-state index contributed by atoms with van der Waals surface area (Å²) in [5.41, 5.74) is 2.29. The van der Waals surface area contributed by atoms with Crippen LogP contribution in [0.25, 0.3) is 11.3 Å². The third-order valence-electron chi connectivity index (χ3n) is 5.71. The minimum absolute atomic E-state index is 0. The molecular formula is C22H25F2N5O3. The van der Waals surface area contributed by atoms with E-state index in [9.17, 15) is 9.18 Å². The molecule has 8 nitrogen and oxygen atoms in total. The first-order valence-electron chi connectivity index (χ1n) is 10.2. The van der Waals surface area contributed by atoms with E-state index in [0.29, 0.717) is 35.0 Å². The normalized spacial score (nSPS) is 17.2. The lowest BCUT2D eigenvalue weighted by Crippen LogP contribution is -2.39. The molecule has 5 rings (SSSR count). The van der Waals surface area contributed by atoms with Gasteiger partial charge < -0.3 is 14.8 Å². The molecule has 1 atom stereocenters. The predicted octanol–water partition coefficient (Wildman–Crippen LogP) is 3.35. The number of aromatic nitrogens is 3. The highest BCUT2D eigenvalue weighted by Gasteiger charge is 2.32. The highest BCUT2D eigenvalue weighted by atomic mass is 19.1. The number of hydrogen-bond donors (Lipinski definition) is 1. The van der Waals surface area contributed by atoms with Gasteiger partial charge in [-0.3, -0.25) is 24.1 Å². The lowest BCUT2D eigenvalue weighted by atomic mass is 10.1. The average Bonchev–Trinajstić information content (AvgIpc) is 3.49. The first kappa shape index (κ1) is 21.7. The van der Waals surface area contributed by atoms with Gasteiger partial charge >= 0.3 is 0 Å². The number of nitrogens with zero attached hydrogens (tertiary/aromatic N) is 4. The SMILES string of the molecule is Cn1nccc1-c1ccc(NC(=O)[C@H]2CCCN2Cc2nccc3c2OCO3)cc1F.F.[HH]. The van der Waals surface area contributed by atoms with Crippen LogP contribution in [0.4, 0.5) is 14.8 Å². The maximum Gasteiger partial charge on any atom is 0.241 e. The molecule has 2 aliphatic heterocycles. The Morgan fingerprint density at radius 2 is 2.16 bits per heavy atom. The van der Waals surface area contributed by atoms with Gasteiger partial charge in [-0.2, -0.15) is 5.10 Å². The molecule has 1 N–H and O–H groups in total. The van der Waals surface area contributed by atoms with E-state index < -0.39 is 5.82 Å². The van der Waals surface area contributed by atoms with Gasteiger partial charge in [0.1, 0.15) is 11.5 Å². The number of likely N-dealkylation sites (tertiary alicyclic amines) is 1. The van der Waals surface area contributed by atoms with Gasteiger partial charge in [0, 0.05) is 44.7 Å². The molecule has 0 bridgehead atoms. The maximum atomic E-state index is 14.7. The van der Waals surface area contributed by atoms with Gasteiger partial charge in [-0.05, 0) is 43.7 Å². The van der Waals surface area contributed by atoms with Crippen molar-refractivity contribution in [3.63, 3.8) is 0 Å². The minimum Gasteiger partial charge on any atom is -0.453 e. The summed E-state index contributed by atoms with van der Waals surface area (Å²) in [7, 11) is 1.76. The van der Waals surface area contributed by atoms with E-state index in [1.807, 2.05) is 0 Å². The van der Waals surface area contributed by atoms with Gasteiger partial charge in [0.25, 0.3) is 0 Å². The number of hydrogen-bond acceptors (Lipinski definition) is 6. The molecule has 32 heavy (non-hydrogen) atoms. The molecular weight excluding hydrogens is 420 g/mol. The van der Waals surface area contributed by atoms with Crippen molar-refractivity contribution in [3.05, 3.63) is 54.2 Å². The van der Waals surface area contributed by atoms with E-state index >= 15 is 0 Å². The molecule has 1 fully saturated rings. The molecule has 1 aromatic carbocycles. The topological polar surface area (TPSA) is 81.5 Å². The zero-order chi connectivity index (χ0) is 21.4. The van der Waals surface area contributed by atoms with Crippen LogP contribution in [-0.2, 0) is 18.4 Å². The molecule has 2 aromatic heterocycles. The molecule has 1 saturated heterocycles. The number of halogens is 2. The van der Waals surface area contributed by atoms with E-state index in [1.165, 1.54) is 6.07 Å². The van der Waals surface area contributed by atoms with E-state index in [1.54, 1.807) is 48.4 Å². The number of nitrogens with one attached hydrogen (secondary N) is 1. The third-order valence-corrected chi connectivity index (χ3v) is 5.71. The lowest BCUT2D eigenvalue weighted by molar-refractivity contribution is -0.120. The van der Waals surface area contributed by atoms with Crippen LogP contribution in [0, 0.1) is 5.82 Å². The van der Waals surface area contributed by atoms with Crippen molar-refractivity contribution >= 4 is 11.6 Å². The molecule has 0 aliphatic carbocycles. The summed E-state index contributed by atoms with van der Waals surface area (Å²) in [5, 5.41) is 6.93. The molecule has 3 aromatic rings. The Morgan fingerprint density at radius 1 is 1.28 bits per heavy atom. The Labute approximate surface area is 184 Å². The van der Waals surface area contributed by atoms with Gasteiger partial charge in [-0.15, -0.1) is 0 Å². The number of aryl methyl sites for hydroxylation is 1. The zero-order valence-corrected chi connectivity index (χ0v) is 17.5. The van der Waals surface area contributed by atoms with Crippen LogP contribution in [-0.4, -0.2) is 45.0 Å². The molecule has 0 radical (unpaired) electrons. The highest BCUT2D eigenvalue weighted by Crippen LogP contribution is 2.35. The van der Waals surface area contributed by atoms with E-state index in [4.69, 9.17) is 9.47 Å². The van der Waals surface area contributed by atoms with Crippen LogP contribution in [0.5, 0.6) is 11.5 Å². The van der Waals surface area contributed by atoms with Crippen molar-refractivity contribution in [2.45, 2.75) is 25.4 Å². The monoisotopic (exact) mass is 445 g/mol. The number of pyridine rings is 1. The second-order valence-electron chi connectivity index (χ2n) is 7.64. The van der Waals surface area contributed by atoms with E-state index in [2.05, 4.69) is 20.3 Å². The molecule has 170 valence electrons. The van der Waals surface area contributed by atoms with Crippen molar-refractivity contribution in [2.75, 3.05) is 18.7 Å². The molecule has 0 unspecified atom stereocenters. The number of carbonyl (C=O) groups excluding carboxylic acids is 1. The summed E-state index contributed by atoms with van der Waals surface area (Å²) in [6.07, 6.45) is 4.93. The first-order chi connectivity index (χ1) is 15.1. The number of anilines is 1. The number of amides is 1. The van der Waals surface area contributed by atoms with Crippen LogP contribution < -0.4 is 14.8 Å². The van der Waals surface area contributed by atoms with Crippen molar-refractivity contribution in [1.29, 1.82) is 0 Å². The summed E-state index contributed by atoms with van der Waals surface area (Å²) in [4.78, 5) is 19.4. The number of benzene rings is 1. The van der Waals surface area contributed by atoms with Gasteiger partial charge in [0.2, 0.25) is 12.7 Å². The number of carbonyl (C=O) groups is 1. The maximum absolute atomic E-state index is 14.7. The Bertz CT molecular complexity index is 1140. The largest absolute Gasteiger partial charge is 0.453 e. The lowest BCUT2D eigenvalue weighted by Gasteiger charge is -2.23. The van der Waals surface area contributed by atoms with Crippen molar-refractivity contribution in [2.24, 2.45) is 7.05 Å². The van der Waals surface area contributed by atoms with Crippen molar-refractivity contribution in [3.8, 4) is 22.8 Å². The Morgan fingerprint density at radius 3 is 2.94 bits per heavy atom. The fourth-order valence-corrected chi connectivity index (χ4v) is 4.17. The Balaban J connectivity index is 0.00000153. The Hall–Kier alpha value is -3.53. The highest BCUT2D eigenvalue weighted by molar-refractivity contribution is 5.95. The Kier molecular flexibility index (Phi) is 6.04. The van der Waals surface area contributed by atoms with Crippen molar-refractivity contribution < 1.29 is 24.8 Å². The smallest absolute Gasteiger partial charge is 0.241 e. The van der Waals surface area contributed by atoms with Gasteiger partial charge in [-0.1, -0.05) is 0 Å². The number of ether oxygens (including phenoxy) is 2. The summed E-state index contributed by atoms with van der Waals surface area (Å²) in [6.45, 7) is 1.44. The predicted molar refractivity (Wildman–Crippen MR) is 116 cm³/mol. The second kappa shape index (κ2) is 8.91. The van der Waals surface area contributed by atoms with Crippen LogP contribution in [0.3, 0.4) is 0 Å². The van der Waals surface area contributed by atoms with E-state index in [-0.39, 0.29) is 24.9 Å². The molecule has 1 amide bonds. The molecule has 0 saturated carbocycles. The molecule has 2 aliphatic rings. The fourth-order valence-electron chi connectivity index (χ4n) is 4.17. The summed E-state index contributed by atoms with van der Waals surface area (Å²) in [5.74, 6) is 0.747. The minimum atomic E-state index is -0.411. The zero-order valence-electron chi connectivity index (χ0n) is 17.5. The van der Waals surface area contributed by atoms with Crippen LogP contribution in [0.1, 0.15) is 20.0 Å². The van der Waals surface area contributed by atoms with Gasteiger partial charge in [0.15, 0.2) is 11.5 Å². The first-order valence-corrected chi connectivity index (χ1v) is 10.2. The molecule has 10 heteroatoms. The van der Waals surface area contributed by atoms with Crippen molar-refractivity contribution in [1.82, 2.24) is 19.7 Å².